The molecule has 0 bridgehead atoms. The summed E-state index contributed by atoms with van der Waals surface area (Å²) >= 11 is 0. The van der Waals surface area contributed by atoms with Gasteiger partial charge in [-0.15, -0.1) is 0 Å². The summed E-state index contributed by atoms with van der Waals surface area (Å²) in [5, 5.41) is 40.5. The lowest BCUT2D eigenvalue weighted by Gasteiger charge is -2.53. The zero-order chi connectivity index (χ0) is 62.7. The highest BCUT2D eigenvalue weighted by Crippen LogP contribution is 2.64. The molecule has 4 N–H and O–H groups in total. The van der Waals surface area contributed by atoms with Crippen molar-refractivity contribution in [2.45, 2.75) is 203 Å². The number of carbonyl (C=O) groups excluding carboxylic acids is 1. The topological polar surface area (TPSA) is 157 Å². The largest absolute Gasteiger partial charge is 0.514 e. The fraction of sp³-hybridized carbons (Fsp3) is 0.794. The highest BCUT2D eigenvalue weighted by Gasteiger charge is 2.60. The van der Waals surface area contributed by atoms with E-state index >= 15 is 0 Å². The van der Waals surface area contributed by atoms with E-state index in [0.717, 1.165) is 121 Å². The molecule has 2 aromatic rings. The van der Waals surface area contributed by atoms with Gasteiger partial charge in [0.15, 0.2) is 0 Å². The number of likely N-dealkylation sites (N-methyl/N-ethyl adjacent to an activating group) is 2. The van der Waals surface area contributed by atoms with Gasteiger partial charge in [-0.2, -0.15) is 43.9 Å². The molecule has 488 valence electrons. The summed E-state index contributed by atoms with van der Waals surface area (Å²) in [6.07, 6.45) is -3.20. The molecule has 0 spiro atoms. The van der Waals surface area contributed by atoms with Crippen molar-refractivity contribution in [3.8, 4) is 11.5 Å². The van der Waals surface area contributed by atoms with Gasteiger partial charge in [0.1, 0.15) is 17.6 Å². The van der Waals surface area contributed by atoms with Gasteiger partial charge in [-0.1, -0.05) is 26.0 Å². The minimum atomic E-state index is -5.59. The average molecular weight is 1270 g/mol. The van der Waals surface area contributed by atoms with Crippen molar-refractivity contribution in [1.29, 1.82) is 0 Å². The molecule has 86 heavy (non-hydrogen) atoms. The van der Waals surface area contributed by atoms with E-state index in [4.69, 9.17) is 14.6 Å². The molecule has 2 aliphatic heterocycles. The van der Waals surface area contributed by atoms with Gasteiger partial charge in [0.25, 0.3) is 0 Å². The zero-order valence-electron chi connectivity index (χ0n) is 50.0. The molecule has 6 aliphatic carbocycles. The first-order valence-electron chi connectivity index (χ1n) is 31.1. The van der Waals surface area contributed by atoms with Crippen LogP contribution in [0.15, 0.2) is 36.4 Å². The fourth-order valence-corrected chi connectivity index (χ4v) is 19.0. The van der Waals surface area contributed by atoms with Gasteiger partial charge in [0, 0.05) is 83.6 Å². The molecular formula is C63H90F10N2O9S2. The first-order chi connectivity index (χ1) is 40.3. The van der Waals surface area contributed by atoms with Crippen molar-refractivity contribution in [3.05, 3.63) is 58.7 Å². The van der Waals surface area contributed by atoms with E-state index < -0.39 is 77.6 Å². The minimum Gasteiger partial charge on any atom is -0.508 e. The molecule has 0 amide bonds. The van der Waals surface area contributed by atoms with Crippen molar-refractivity contribution in [3.63, 3.8) is 0 Å². The number of likely N-dealkylation sites (tertiary alicyclic amines) is 2. The number of nitrogens with zero attached hydrogens (tertiary/aromatic N) is 2. The maximum absolute atomic E-state index is 13.2. The predicted octanol–water partition coefficient (Wildman–Crippen LogP) is 12.9. The van der Waals surface area contributed by atoms with Crippen LogP contribution in [0, 0.1) is 46.3 Å². The maximum Gasteiger partial charge on any atom is 0.514 e. The number of fused-ring (bicyclic) bond motifs is 10. The van der Waals surface area contributed by atoms with Crippen LogP contribution in [0.2, 0.25) is 0 Å². The second-order valence-electron chi connectivity index (χ2n) is 27.0. The SMILES string of the molecule is CN1CCC(O)C1.CN1CCC(OC(=O)Oc2ccc3c(c2)C[C@@H](CCCS(=O)CCCC(F)(F)C(F)(F)F)[C@@H]2[C@@H]3CC[C@]3(C)[C@@H](O)CC[C@@H]23)C1.C[C@]12CC[C@@H]3c4ccc(O)cc4C[C@@H](CCCS(=O)CCCC(F)(F)C(F)(F)F)[C@H]3[C@@H]1CC[C@@H]2O. The zero-order valence-corrected chi connectivity index (χ0v) is 51.6. The predicted molar refractivity (Wildman–Crippen MR) is 309 cm³/mol. The average Bonchev–Trinajstić information content (AvgIpc) is 1.35. The van der Waals surface area contributed by atoms with Crippen molar-refractivity contribution in [2.75, 3.05) is 63.3 Å². The summed E-state index contributed by atoms with van der Waals surface area (Å²) in [6.45, 7) is 7.83. The normalized spacial score (nSPS) is 33.3. The van der Waals surface area contributed by atoms with Crippen LogP contribution in [0.25, 0.3) is 0 Å². The second kappa shape index (κ2) is 28.2. The Morgan fingerprint density at radius 3 is 1.49 bits per heavy atom. The number of halogens is 10. The van der Waals surface area contributed by atoms with Gasteiger partial charge in [-0.25, -0.2) is 4.79 Å². The Kier molecular flexibility index (Phi) is 22.6. The summed E-state index contributed by atoms with van der Waals surface area (Å²) < 4.78 is 163. The third kappa shape index (κ3) is 16.1. The lowest BCUT2D eigenvalue weighted by atomic mass is 9.52. The van der Waals surface area contributed by atoms with Gasteiger partial charge in [0.2, 0.25) is 0 Å². The number of hydrogen-bond donors (Lipinski definition) is 4. The first kappa shape index (κ1) is 68.8. The standard InChI is InChI=1S/C32H44F5NO5S.C26H35F5O3S.C5H11NO/c1-30-13-10-25-24-7-6-22(42-29(40)43-23-11-14-38(2)19-23)18-21(24)17-20(28(25)26(30)8-9-27(30)39)5-3-15-44(41)16-4-12-31(33,34)32(35,36)37;1-24-11-9-20-19-6-5-18(32)15-17(19)14-16(23(20)21(24)7-8-22(24)33)4-2-12-35(34)13-3-10-25(27,28)26(29,30)31;1-6-3-2-5(7)4-6/h6-7,18,20,23,25-28,39H,3-5,8-17,19H2,1-2H3;5-6,15-16,20-23,32-33H,2-4,7-14H2,1H3;5,7H,2-4H2,1H3/t20-,23?,25-,26+,27+,28-,30+,44?;16-,20-,21+,22+,23-,24+,35?;/m11./s1. The number of aliphatic hydroxyl groups is 3. The molecule has 6 fully saturated rings. The lowest BCUT2D eigenvalue weighted by Crippen LogP contribution is -2.47. The minimum absolute atomic E-state index is 0.0509. The Morgan fingerprint density at radius 1 is 0.605 bits per heavy atom. The van der Waals surface area contributed by atoms with Crippen molar-refractivity contribution in [1.82, 2.24) is 9.80 Å². The highest BCUT2D eigenvalue weighted by molar-refractivity contribution is 7.85. The summed E-state index contributed by atoms with van der Waals surface area (Å²) in [7, 11) is 1.06. The third-order valence-corrected chi connectivity index (χ3v) is 24.3. The molecule has 11 nitrogen and oxygen atoms in total. The van der Waals surface area contributed by atoms with Crippen molar-refractivity contribution < 1.29 is 87.0 Å². The van der Waals surface area contributed by atoms with E-state index in [2.05, 4.69) is 29.7 Å². The van der Waals surface area contributed by atoms with E-state index in [-0.39, 0.29) is 81.8 Å². The van der Waals surface area contributed by atoms with E-state index in [0.29, 0.717) is 54.7 Å². The number of aromatic hydroxyl groups is 1. The lowest BCUT2D eigenvalue weighted by molar-refractivity contribution is -0.284. The van der Waals surface area contributed by atoms with Crippen molar-refractivity contribution in [2.24, 2.45) is 46.3 Å². The number of phenolic OH excluding ortho intramolecular Hbond substituents is 1. The molecule has 0 radical (unpaired) electrons. The van der Waals surface area contributed by atoms with Crippen LogP contribution < -0.4 is 4.74 Å². The number of benzene rings is 2. The summed E-state index contributed by atoms with van der Waals surface area (Å²) in [6, 6.07) is 11.4. The molecule has 4 saturated carbocycles. The molecule has 16 atom stereocenters. The van der Waals surface area contributed by atoms with Gasteiger partial charge < -0.3 is 39.7 Å². The molecule has 10 rings (SSSR count). The number of carbonyl (C=O) groups is 1. The number of ether oxygens (including phenoxy) is 2. The summed E-state index contributed by atoms with van der Waals surface area (Å²) in [4.78, 5) is 16.7. The highest BCUT2D eigenvalue weighted by atomic mass is 32.2. The van der Waals surface area contributed by atoms with Crippen LogP contribution in [0.3, 0.4) is 0 Å². The molecule has 0 aromatic heterocycles. The van der Waals surface area contributed by atoms with Crippen LogP contribution in [0.4, 0.5) is 48.7 Å². The molecular weight excluding hydrogens is 1180 g/mol. The third-order valence-electron chi connectivity index (χ3n) is 21.3. The number of phenols is 1. The molecule has 2 aromatic carbocycles. The first-order valence-corrected chi connectivity index (χ1v) is 34.1. The van der Waals surface area contributed by atoms with E-state index in [9.17, 15) is 72.4 Å². The van der Waals surface area contributed by atoms with Gasteiger partial charge in [-0.3, -0.25) is 8.42 Å². The summed E-state index contributed by atoms with van der Waals surface area (Å²) in [5.41, 5.74) is 4.47. The Labute approximate surface area is 505 Å². The Morgan fingerprint density at radius 2 is 1.06 bits per heavy atom. The number of hydrogen-bond acceptors (Lipinski definition) is 11. The molecule has 2 saturated heterocycles. The van der Waals surface area contributed by atoms with Crippen LogP contribution >= 0.6 is 0 Å². The van der Waals surface area contributed by atoms with Gasteiger partial charge in [-0.05, 0) is 234 Å². The molecule has 8 aliphatic rings. The van der Waals surface area contributed by atoms with Gasteiger partial charge >= 0.3 is 30.4 Å². The molecule has 23 heteroatoms. The monoisotopic (exact) mass is 1270 g/mol. The number of alkyl halides is 10. The quantitative estimate of drug-likeness (QED) is 0.0640. The fourth-order valence-electron chi connectivity index (χ4n) is 16.7. The Hall–Kier alpha value is -3.09. The Bertz CT molecular complexity index is 2640. The number of rotatable bonds is 18. The van der Waals surface area contributed by atoms with Crippen LogP contribution in [-0.2, 0) is 39.2 Å². The van der Waals surface area contributed by atoms with E-state index in [1.54, 1.807) is 6.07 Å². The van der Waals surface area contributed by atoms with Crippen LogP contribution in [0.1, 0.15) is 164 Å². The number of β-amino-alcohol motifs (C(OH)–C–C–N with tert-alkyl or cyclic N) is 1. The number of aliphatic hydroxyl groups excluding tert-OH is 3. The van der Waals surface area contributed by atoms with E-state index in [1.165, 1.54) is 11.1 Å². The smallest absolute Gasteiger partial charge is 0.508 e. The maximum atomic E-state index is 13.2. The Balaban J connectivity index is 0.000000204. The van der Waals surface area contributed by atoms with Gasteiger partial charge in [0.05, 0.1) is 18.3 Å². The van der Waals surface area contributed by atoms with Crippen LogP contribution in [0.5, 0.6) is 11.5 Å². The van der Waals surface area contributed by atoms with Crippen molar-refractivity contribution >= 4 is 27.8 Å². The van der Waals surface area contributed by atoms with Crippen LogP contribution in [-0.4, -0.2) is 157 Å². The van der Waals surface area contributed by atoms with E-state index in [1.807, 2.05) is 38.4 Å². The molecule has 4 unspecified atom stereocenters. The summed E-state index contributed by atoms with van der Waals surface area (Å²) in [5.74, 6) is -6.15. The molecule has 2 heterocycles. The second-order valence-corrected chi connectivity index (χ2v) is 30.4.